The molecule has 0 bridgehead atoms. The lowest BCUT2D eigenvalue weighted by atomic mass is 10.0. The fourth-order valence-corrected chi connectivity index (χ4v) is 3.29. The van der Waals surface area contributed by atoms with E-state index in [1.807, 2.05) is 6.92 Å². The van der Waals surface area contributed by atoms with E-state index in [9.17, 15) is 0 Å². The molecule has 0 radical (unpaired) electrons. The summed E-state index contributed by atoms with van der Waals surface area (Å²) >= 11 is 1.68. The van der Waals surface area contributed by atoms with E-state index in [1.54, 1.807) is 11.3 Å². The number of rotatable bonds is 2. The Morgan fingerprint density at radius 2 is 1.89 bits per heavy atom. The fraction of sp³-hybridized carbons (Fsp3) is 0.267. The zero-order chi connectivity index (χ0) is 13.6. The number of hydrogen-bond donors (Lipinski definition) is 1. The molecule has 98 valence electrons. The topological polar surface area (TPSA) is 43.3 Å². The molecule has 2 heterocycles. The third-order valence-electron chi connectivity index (χ3n) is 3.47. The van der Waals surface area contributed by atoms with E-state index in [2.05, 4.69) is 47.9 Å². The van der Waals surface area contributed by atoms with Gasteiger partial charge in [-0.25, -0.2) is 4.98 Å². The normalized spacial score (nSPS) is 13.1. The van der Waals surface area contributed by atoms with Crippen LogP contribution < -0.4 is 5.73 Å². The van der Waals surface area contributed by atoms with Crippen LogP contribution in [0.25, 0.3) is 16.2 Å². The van der Waals surface area contributed by atoms with Crippen molar-refractivity contribution in [3.63, 3.8) is 0 Å². The highest BCUT2D eigenvalue weighted by molar-refractivity contribution is 7.15. The molecule has 3 aromatic rings. The van der Waals surface area contributed by atoms with Crippen LogP contribution in [-0.4, -0.2) is 9.38 Å². The zero-order valence-electron chi connectivity index (χ0n) is 11.3. The van der Waals surface area contributed by atoms with Gasteiger partial charge < -0.3 is 5.73 Å². The van der Waals surface area contributed by atoms with Crippen LogP contribution in [0.15, 0.2) is 29.6 Å². The smallest absolute Gasteiger partial charge is 0.194 e. The van der Waals surface area contributed by atoms with Crippen LogP contribution in [0.3, 0.4) is 0 Å². The Balaban J connectivity index is 2.11. The predicted molar refractivity (Wildman–Crippen MR) is 80.6 cm³/mol. The average Bonchev–Trinajstić information content (AvgIpc) is 2.91. The first kappa shape index (κ1) is 12.4. The number of benzene rings is 1. The van der Waals surface area contributed by atoms with E-state index in [4.69, 9.17) is 10.7 Å². The molecule has 0 fully saturated rings. The van der Waals surface area contributed by atoms with Gasteiger partial charge in [-0.3, -0.25) is 4.40 Å². The Labute approximate surface area is 116 Å². The summed E-state index contributed by atoms with van der Waals surface area (Å²) in [5.41, 5.74) is 11.7. The summed E-state index contributed by atoms with van der Waals surface area (Å²) in [6, 6.07) is 8.45. The number of nitrogens with two attached hydrogens (primary N) is 1. The maximum Gasteiger partial charge on any atom is 0.194 e. The van der Waals surface area contributed by atoms with Gasteiger partial charge in [-0.15, -0.1) is 11.3 Å². The highest BCUT2D eigenvalue weighted by atomic mass is 32.1. The molecule has 3 nitrogen and oxygen atoms in total. The maximum absolute atomic E-state index is 5.88. The molecule has 0 spiro atoms. The molecule has 2 aromatic heterocycles. The first-order valence-corrected chi connectivity index (χ1v) is 7.25. The van der Waals surface area contributed by atoms with Crippen molar-refractivity contribution in [1.29, 1.82) is 0 Å². The molecule has 3 rings (SSSR count). The van der Waals surface area contributed by atoms with Crippen molar-refractivity contribution in [1.82, 2.24) is 9.38 Å². The fourth-order valence-electron chi connectivity index (χ4n) is 2.38. The molecule has 0 saturated carbocycles. The summed E-state index contributed by atoms with van der Waals surface area (Å²) in [7, 11) is 0. The van der Waals surface area contributed by atoms with Gasteiger partial charge in [0.15, 0.2) is 4.96 Å². The Morgan fingerprint density at radius 3 is 2.47 bits per heavy atom. The molecule has 1 atom stereocenters. The maximum atomic E-state index is 5.88. The molecule has 1 unspecified atom stereocenters. The van der Waals surface area contributed by atoms with Crippen LogP contribution in [0, 0.1) is 13.8 Å². The molecule has 0 saturated heterocycles. The minimum Gasteiger partial charge on any atom is -0.324 e. The molecule has 0 aliphatic carbocycles. The molecular formula is C15H17N3S. The minimum atomic E-state index is 0.0721. The molecule has 4 heteroatoms. The van der Waals surface area contributed by atoms with Crippen molar-refractivity contribution in [2.45, 2.75) is 26.8 Å². The SMILES string of the molecule is Cc1csc2nc(-c3ccc(C(C)N)cc3)c(C)n12. The lowest BCUT2D eigenvalue weighted by Crippen LogP contribution is -2.04. The first-order valence-electron chi connectivity index (χ1n) is 6.37. The van der Waals surface area contributed by atoms with Crippen LogP contribution in [-0.2, 0) is 0 Å². The summed E-state index contributed by atoms with van der Waals surface area (Å²) in [5, 5.41) is 2.14. The van der Waals surface area contributed by atoms with Crippen LogP contribution in [0.4, 0.5) is 0 Å². The van der Waals surface area contributed by atoms with Crippen molar-refractivity contribution in [2.75, 3.05) is 0 Å². The third-order valence-corrected chi connectivity index (χ3v) is 4.42. The standard InChI is InChI=1S/C15H17N3S/c1-9-8-19-15-17-14(11(3)18(9)15)13-6-4-12(5-7-13)10(2)16/h4-8,10H,16H2,1-3H3. The van der Waals surface area contributed by atoms with Gasteiger partial charge in [0.2, 0.25) is 0 Å². The van der Waals surface area contributed by atoms with E-state index in [-0.39, 0.29) is 6.04 Å². The molecule has 19 heavy (non-hydrogen) atoms. The highest BCUT2D eigenvalue weighted by Crippen LogP contribution is 2.28. The number of aromatic nitrogens is 2. The molecule has 2 N–H and O–H groups in total. The Hall–Kier alpha value is -1.65. The summed E-state index contributed by atoms with van der Waals surface area (Å²) in [6.45, 7) is 6.23. The van der Waals surface area contributed by atoms with E-state index in [0.29, 0.717) is 0 Å². The molecule has 0 amide bonds. The van der Waals surface area contributed by atoms with Crippen molar-refractivity contribution in [2.24, 2.45) is 5.73 Å². The summed E-state index contributed by atoms with van der Waals surface area (Å²) in [4.78, 5) is 5.78. The van der Waals surface area contributed by atoms with Gasteiger partial charge in [-0.2, -0.15) is 0 Å². The summed E-state index contributed by atoms with van der Waals surface area (Å²) < 4.78 is 2.21. The van der Waals surface area contributed by atoms with Gasteiger partial charge in [0.25, 0.3) is 0 Å². The van der Waals surface area contributed by atoms with Crippen molar-refractivity contribution >= 4 is 16.3 Å². The number of fused-ring (bicyclic) bond motifs is 1. The Bertz CT molecular complexity index is 720. The van der Waals surface area contributed by atoms with Crippen molar-refractivity contribution < 1.29 is 0 Å². The second kappa shape index (κ2) is 4.47. The first-order chi connectivity index (χ1) is 9.08. The zero-order valence-corrected chi connectivity index (χ0v) is 12.2. The minimum absolute atomic E-state index is 0.0721. The quantitative estimate of drug-likeness (QED) is 0.772. The summed E-state index contributed by atoms with van der Waals surface area (Å²) in [6.07, 6.45) is 0. The average molecular weight is 271 g/mol. The van der Waals surface area contributed by atoms with Gasteiger partial charge >= 0.3 is 0 Å². The van der Waals surface area contributed by atoms with Crippen LogP contribution in [0.5, 0.6) is 0 Å². The Kier molecular flexibility index (Phi) is 2.92. The van der Waals surface area contributed by atoms with Gasteiger partial charge in [0, 0.05) is 28.4 Å². The lowest BCUT2D eigenvalue weighted by Gasteiger charge is -2.06. The molecule has 1 aromatic carbocycles. The molecular weight excluding hydrogens is 254 g/mol. The van der Waals surface area contributed by atoms with Gasteiger partial charge in [-0.1, -0.05) is 24.3 Å². The monoisotopic (exact) mass is 271 g/mol. The predicted octanol–water partition coefficient (Wildman–Crippen LogP) is 3.70. The molecule has 0 aliphatic heterocycles. The van der Waals surface area contributed by atoms with Gasteiger partial charge in [0.05, 0.1) is 5.69 Å². The van der Waals surface area contributed by atoms with E-state index < -0.39 is 0 Å². The van der Waals surface area contributed by atoms with E-state index in [1.165, 1.54) is 11.4 Å². The van der Waals surface area contributed by atoms with Crippen molar-refractivity contribution in [3.05, 3.63) is 46.6 Å². The van der Waals surface area contributed by atoms with Crippen molar-refractivity contribution in [3.8, 4) is 11.3 Å². The largest absolute Gasteiger partial charge is 0.324 e. The van der Waals surface area contributed by atoms with Gasteiger partial charge in [0.1, 0.15) is 0 Å². The lowest BCUT2D eigenvalue weighted by molar-refractivity contribution is 0.818. The number of nitrogens with zero attached hydrogens (tertiary/aromatic N) is 2. The Morgan fingerprint density at radius 1 is 1.21 bits per heavy atom. The van der Waals surface area contributed by atoms with Crippen LogP contribution >= 0.6 is 11.3 Å². The van der Waals surface area contributed by atoms with Crippen LogP contribution in [0.1, 0.15) is 29.9 Å². The van der Waals surface area contributed by atoms with E-state index >= 15 is 0 Å². The number of hydrogen-bond acceptors (Lipinski definition) is 3. The highest BCUT2D eigenvalue weighted by Gasteiger charge is 2.13. The summed E-state index contributed by atoms with van der Waals surface area (Å²) in [5.74, 6) is 0. The second-order valence-corrected chi connectivity index (χ2v) is 5.79. The second-order valence-electron chi connectivity index (χ2n) is 4.95. The van der Waals surface area contributed by atoms with Crippen LogP contribution in [0.2, 0.25) is 0 Å². The number of aryl methyl sites for hydroxylation is 2. The van der Waals surface area contributed by atoms with Gasteiger partial charge in [-0.05, 0) is 26.3 Å². The van der Waals surface area contributed by atoms with E-state index in [0.717, 1.165) is 21.8 Å². The third kappa shape index (κ3) is 1.97. The number of imidazole rings is 1. The molecule has 0 aliphatic rings. The number of thiazole rings is 1.